The zero-order valence-corrected chi connectivity index (χ0v) is 9.45. The molecule has 1 saturated carbocycles. The van der Waals surface area contributed by atoms with Crippen LogP contribution in [0.25, 0.3) is 5.65 Å². The summed E-state index contributed by atoms with van der Waals surface area (Å²) < 4.78 is 2.93. The Morgan fingerprint density at radius 2 is 2.29 bits per heavy atom. The lowest BCUT2D eigenvalue weighted by Gasteiger charge is -2.03. The van der Waals surface area contributed by atoms with Crippen molar-refractivity contribution in [2.24, 2.45) is 0 Å². The molecule has 0 aromatic carbocycles. The normalized spacial score (nSPS) is 16.4. The fourth-order valence-electron chi connectivity index (χ4n) is 1.76. The zero-order chi connectivity index (χ0) is 9.71. The maximum absolute atomic E-state index is 4.46. The SMILES string of the molecule is Cc1cc(C2CC2)n2ncc(Br)c2n1. The van der Waals surface area contributed by atoms with Crippen LogP contribution < -0.4 is 0 Å². The molecule has 3 nitrogen and oxygen atoms in total. The Bertz CT molecular complexity index is 499. The maximum atomic E-state index is 4.46. The van der Waals surface area contributed by atoms with Gasteiger partial charge in [-0.25, -0.2) is 9.50 Å². The van der Waals surface area contributed by atoms with Crippen LogP contribution in [-0.2, 0) is 0 Å². The standard InChI is InChI=1S/C10H10BrN3/c1-6-4-9(7-2-3-7)14-10(13-6)8(11)5-12-14/h4-5,7H,2-3H2,1H3. The molecule has 0 saturated heterocycles. The molecule has 1 aliphatic rings. The van der Waals surface area contributed by atoms with Crippen molar-refractivity contribution < 1.29 is 0 Å². The third kappa shape index (κ3) is 1.17. The second kappa shape index (κ2) is 2.79. The number of aromatic nitrogens is 3. The number of nitrogens with zero attached hydrogens (tertiary/aromatic N) is 3. The predicted octanol–water partition coefficient (Wildman–Crippen LogP) is 2.68. The lowest BCUT2D eigenvalue weighted by atomic mass is 10.2. The molecule has 0 aliphatic heterocycles. The lowest BCUT2D eigenvalue weighted by Crippen LogP contribution is -2.00. The van der Waals surface area contributed by atoms with Gasteiger partial charge in [0.25, 0.3) is 0 Å². The van der Waals surface area contributed by atoms with Crippen LogP contribution in [0.3, 0.4) is 0 Å². The highest BCUT2D eigenvalue weighted by Crippen LogP contribution is 2.40. The summed E-state index contributed by atoms with van der Waals surface area (Å²) in [4.78, 5) is 4.46. The average molecular weight is 252 g/mol. The zero-order valence-electron chi connectivity index (χ0n) is 7.87. The molecule has 72 valence electrons. The summed E-state index contributed by atoms with van der Waals surface area (Å²) in [5, 5.41) is 4.33. The third-order valence-corrected chi connectivity index (χ3v) is 3.14. The van der Waals surface area contributed by atoms with E-state index in [0.717, 1.165) is 15.8 Å². The van der Waals surface area contributed by atoms with Gasteiger partial charge in [0, 0.05) is 17.3 Å². The van der Waals surface area contributed by atoms with Gasteiger partial charge < -0.3 is 0 Å². The van der Waals surface area contributed by atoms with Crippen molar-refractivity contribution in [1.82, 2.24) is 14.6 Å². The summed E-state index contributed by atoms with van der Waals surface area (Å²) >= 11 is 3.46. The van der Waals surface area contributed by atoms with Crippen molar-refractivity contribution >= 4 is 21.6 Å². The highest BCUT2D eigenvalue weighted by Gasteiger charge is 2.27. The molecule has 4 heteroatoms. The van der Waals surface area contributed by atoms with E-state index in [1.54, 1.807) is 0 Å². The Morgan fingerprint density at radius 3 is 3.00 bits per heavy atom. The number of halogens is 1. The Balaban J connectivity index is 2.35. The van der Waals surface area contributed by atoms with Crippen molar-refractivity contribution in [3.05, 3.63) is 28.1 Å². The van der Waals surface area contributed by atoms with Crippen molar-refractivity contribution in [1.29, 1.82) is 0 Å². The molecule has 1 aliphatic carbocycles. The average Bonchev–Trinajstić information content (AvgIpc) is 2.93. The number of hydrogen-bond acceptors (Lipinski definition) is 2. The van der Waals surface area contributed by atoms with Crippen LogP contribution in [0.4, 0.5) is 0 Å². The van der Waals surface area contributed by atoms with E-state index in [4.69, 9.17) is 0 Å². The summed E-state index contributed by atoms with van der Waals surface area (Å²) in [6.45, 7) is 2.03. The van der Waals surface area contributed by atoms with Crippen LogP contribution in [0.1, 0.15) is 30.1 Å². The Hall–Kier alpha value is -0.900. The van der Waals surface area contributed by atoms with Gasteiger partial charge >= 0.3 is 0 Å². The summed E-state index contributed by atoms with van der Waals surface area (Å²) in [6.07, 6.45) is 4.39. The van der Waals surface area contributed by atoms with Crippen LogP contribution >= 0.6 is 15.9 Å². The van der Waals surface area contributed by atoms with E-state index in [9.17, 15) is 0 Å². The minimum absolute atomic E-state index is 0.700. The summed E-state index contributed by atoms with van der Waals surface area (Å²) in [6, 6.07) is 2.14. The van der Waals surface area contributed by atoms with Crippen molar-refractivity contribution in [2.45, 2.75) is 25.7 Å². The van der Waals surface area contributed by atoms with E-state index in [1.165, 1.54) is 18.5 Å². The van der Waals surface area contributed by atoms with E-state index in [0.29, 0.717) is 5.92 Å². The van der Waals surface area contributed by atoms with Crippen molar-refractivity contribution in [2.75, 3.05) is 0 Å². The fourth-order valence-corrected chi connectivity index (χ4v) is 2.10. The topological polar surface area (TPSA) is 30.2 Å². The number of fused-ring (bicyclic) bond motifs is 1. The molecule has 2 aromatic rings. The molecule has 0 spiro atoms. The van der Waals surface area contributed by atoms with Gasteiger partial charge in [-0.1, -0.05) is 0 Å². The van der Waals surface area contributed by atoms with E-state index in [1.807, 2.05) is 17.6 Å². The molecule has 14 heavy (non-hydrogen) atoms. The van der Waals surface area contributed by atoms with Gasteiger partial charge in [0.15, 0.2) is 5.65 Å². The van der Waals surface area contributed by atoms with Gasteiger partial charge in [-0.05, 0) is 41.8 Å². The van der Waals surface area contributed by atoms with Crippen LogP contribution in [0.5, 0.6) is 0 Å². The highest BCUT2D eigenvalue weighted by molar-refractivity contribution is 9.10. The first-order valence-electron chi connectivity index (χ1n) is 4.76. The number of rotatable bonds is 1. The summed E-state index contributed by atoms with van der Waals surface area (Å²) in [7, 11) is 0. The number of hydrogen-bond donors (Lipinski definition) is 0. The molecule has 0 amide bonds. The van der Waals surface area contributed by atoms with Gasteiger partial charge in [-0.2, -0.15) is 5.10 Å². The quantitative estimate of drug-likeness (QED) is 0.781. The van der Waals surface area contributed by atoms with Crippen LogP contribution in [0.15, 0.2) is 16.7 Å². The molecule has 1 fully saturated rings. The Morgan fingerprint density at radius 1 is 1.50 bits per heavy atom. The first kappa shape index (κ1) is 8.41. The largest absolute Gasteiger partial charge is 0.233 e. The Kier molecular flexibility index (Phi) is 1.68. The monoisotopic (exact) mass is 251 g/mol. The fraction of sp³-hybridized carbons (Fsp3) is 0.400. The molecule has 0 radical (unpaired) electrons. The molecule has 0 N–H and O–H groups in total. The first-order chi connectivity index (χ1) is 6.75. The molecule has 0 unspecified atom stereocenters. The van der Waals surface area contributed by atoms with Gasteiger partial charge in [0.05, 0.1) is 10.7 Å². The van der Waals surface area contributed by atoms with Crippen molar-refractivity contribution in [3.63, 3.8) is 0 Å². The van der Waals surface area contributed by atoms with Gasteiger partial charge in [0.2, 0.25) is 0 Å². The van der Waals surface area contributed by atoms with Gasteiger partial charge in [-0.15, -0.1) is 0 Å². The molecular formula is C10H10BrN3. The minimum Gasteiger partial charge on any atom is -0.233 e. The van der Waals surface area contributed by atoms with E-state index in [-0.39, 0.29) is 0 Å². The number of aryl methyl sites for hydroxylation is 1. The first-order valence-corrected chi connectivity index (χ1v) is 5.56. The minimum atomic E-state index is 0.700. The highest BCUT2D eigenvalue weighted by atomic mass is 79.9. The molecular weight excluding hydrogens is 242 g/mol. The van der Waals surface area contributed by atoms with E-state index >= 15 is 0 Å². The molecule has 0 atom stereocenters. The third-order valence-electron chi connectivity index (χ3n) is 2.58. The van der Waals surface area contributed by atoms with Crippen molar-refractivity contribution in [3.8, 4) is 0 Å². The predicted molar refractivity (Wildman–Crippen MR) is 57.4 cm³/mol. The van der Waals surface area contributed by atoms with Crippen LogP contribution in [0, 0.1) is 6.92 Å². The lowest BCUT2D eigenvalue weighted by molar-refractivity contribution is 0.835. The molecule has 2 aromatic heterocycles. The molecule has 0 bridgehead atoms. The maximum Gasteiger partial charge on any atom is 0.169 e. The smallest absolute Gasteiger partial charge is 0.169 e. The van der Waals surface area contributed by atoms with Crippen LogP contribution in [0.2, 0.25) is 0 Å². The van der Waals surface area contributed by atoms with Gasteiger partial charge in [-0.3, -0.25) is 0 Å². The summed E-state index contributed by atoms with van der Waals surface area (Å²) in [5.41, 5.74) is 3.31. The second-order valence-corrected chi connectivity index (χ2v) is 4.68. The second-order valence-electron chi connectivity index (χ2n) is 3.82. The van der Waals surface area contributed by atoms with Gasteiger partial charge in [0.1, 0.15) is 0 Å². The van der Waals surface area contributed by atoms with E-state index in [2.05, 4.69) is 32.1 Å². The summed E-state index contributed by atoms with van der Waals surface area (Å²) in [5.74, 6) is 0.700. The Labute approximate surface area is 90.3 Å². The molecule has 2 heterocycles. The van der Waals surface area contributed by atoms with E-state index < -0.39 is 0 Å². The van der Waals surface area contributed by atoms with Crippen LogP contribution in [-0.4, -0.2) is 14.6 Å². The molecule has 3 rings (SSSR count).